The minimum Gasteiger partial charge on any atom is -0.349 e. The molecule has 0 bridgehead atoms. The molecule has 0 saturated carbocycles. The lowest BCUT2D eigenvalue weighted by Gasteiger charge is -2.32. The molecule has 0 aliphatic carbocycles. The maximum absolute atomic E-state index is 12.9. The maximum atomic E-state index is 12.9. The first-order valence-corrected chi connectivity index (χ1v) is 9.93. The minimum absolute atomic E-state index is 0.0320. The number of hydrogen-bond donors (Lipinski definition) is 1. The molecule has 4 nitrogen and oxygen atoms in total. The summed E-state index contributed by atoms with van der Waals surface area (Å²) in [5.41, 5.74) is -0.922. The van der Waals surface area contributed by atoms with Gasteiger partial charge in [-0.1, -0.05) is 6.07 Å². The van der Waals surface area contributed by atoms with Crippen molar-refractivity contribution in [2.45, 2.75) is 25.1 Å². The summed E-state index contributed by atoms with van der Waals surface area (Å²) in [4.78, 5) is 27.2. The number of likely N-dealkylation sites (tertiary alicyclic amines) is 1. The average Bonchev–Trinajstić information content (AvgIpc) is 3.15. The molecule has 1 saturated heterocycles. The summed E-state index contributed by atoms with van der Waals surface area (Å²) in [6.07, 6.45) is -3.40. The normalized spacial score (nSPS) is 15.6. The third-order valence-corrected chi connectivity index (χ3v) is 5.94. The first kappa shape index (κ1) is 19.9. The van der Waals surface area contributed by atoms with Gasteiger partial charge in [0.25, 0.3) is 11.8 Å². The second-order valence-corrected chi connectivity index (χ2v) is 8.01. The molecule has 0 radical (unpaired) electrons. The third kappa shape index (κ3) is 4.70. The molecule has 0 unspecified atom stereocenters. The predicted octanol–water partition coefficient (Wildman–Crippen LogP) is 4.56. The molecule has 9 heteroatoms. The Bertz CT molecular complexity index is 832. The van der Waals surface area contributed by atoms with Crippen molar-refractivity contribution in [3.8, 4) is 0 Å². The van der Waals surface area contributed by atoms with E-state index in [1.165, 1.54) is 17.4 Å². The molecule has 3 rings (SSSR count). The Morgan fingerprint density at radius 3 is 2.48 bits per heavy atom. The van der Waals surface area contributed by atoms with Gasteiger partial charge in [0.2, 0.25) is 0 Å². The number of nitrogens with one attached hydrogen (secondary N) is 1. The Morgan fingerprint density at radius 1 is 1.19 bits per heavy atom. The van der Waals surface area contributed by atoms with Gasteiger partial charge in [0, 0.05) is 23.6 Å². The Labute approximate surface area is 166 Å². The van der Waals surface area contributed by atoms with E-state index in [1.807, 2.05) is 11.4 Å². The van der Waals surface area contributed by atoms with Crippen LogP contribution in [0.5, 0.6) is 0 Å². The van der Waals surface area contributed by atoms with Crippen molar-refractivity contribution < 1.29 is 22.8 Å². The number of carbonyl (C=O) groups is 2. The standard InChI is InChI=1S/C18H16BrF3N2O2S/c19-14-4-3-11(18(20,21)22)10-13(14)16(25)23-12-5-7-24(8-6-12)17(26)15-2-1-9-27-15/h1-4,9-10,12H,5-8H2,(H,23,25). The number of benzene rings is 1. The summed E-state index contributed by atoms with van der Waals surface area (Å²) in [5, 5.41) is 4.62. The second-order valence-electron chi connectivity index (χ2n) is 6.21. The Morgan fingerprint density at radius 2 is 1.89 bits per heavy atom. The van der Waals surface area contributed by atoms with E-state index in [0.29, 0.717) is 35.3 Å². The van der Waals surface area contributed by atoms with E-state index >= 15 is 0 Å². The predicted molar refractivity (Wildman–Crippen MR) is 99.9 cm³/mol. The van der Waals surface area contributed by atoms with Crippen molar-refractivity contribution in [1.29, 1.82) is 0 Å². The monoisotopic (exact) mass is 460 g/mol. The van der Waals surface area contributed by atoms with E-state index in [1.54, 1.807) is 11.0 Å². The van der Waals surface area contributed by atoms with Gasteiger partial charge >= 0.3 is 6.18 Å². The molecule has 2 heterocycles. The van der Waals surface area contributed by atoms with Crippen LogP contribution in [0.2, 0.25) is 0 Å². The zero-order valence-corrected chi connectivity index (χ0v) is 16.5. The Hall–Kier alpha value is -1.87. The molecule has 2 amide bonds. The number of piperidine rings is 1. The van der Waals surface area contributed by atoms with Crippen LogP contribution in [-0.4, -0.2) is 35.8 Å². The van der Waals surface area contributed by atoms with E-state index in [0.717, 1.165) is 12.1 Å². The van der Waals surface area contributed by atoms with Crippen molar-refractivity contribution in [1.82, 2.24) is 10.2 Å². The molecule has 0 spiro atoms. The summed E-state index contributed by atoms with van der Waals surface area (Å²) < 4.78 is 38.9. The lowest BCUT2D eigenvalue weighted by Crippen LogP contribution is -2.46. The minimum atomic E-state index is -4.51. The van der Waals surface area contributed by atoms with Crippen LogP contribution in [0, 0.1) is 0 Å². The number of rotatable bonds is 3. The van der Waals surface area contributed by atoms with Crippen LogP contribution in [0.15, 0.2) is 40.2 Å². The fourth-order valence-corrected chi connectivity index (χ4v) is 4.04. The van der Waals surface area contributed by atoms with Gasteiger partial charge in [0.15, 0.2) is 0 Å². The average molecular weight is 461 g/mol. The number of hydrogen-bond acceptors (Lipinski definition) is 3. The largest absolute Gasteiger partial charge is 0.416 e. The van der Waals surface area contributed by atoms with Crippen LogP contribution in [-0.2, 0) is 6.18 Å². The lowest BCUT2D eigenvalue weighted by molar-refractivity contribution is -0.137. The molecule has 27 heavy (non-hydrogen) atoms. The summed E-state index contributed by atoms with van der Waals surface area (Å²) >= 11 is 4.51. The zero-order chi connectivity index (χ0) is 19.6. The van der Waals surface area contributed by atoms with E-state index in [2.05, 4.69) is 21.2 Å². The van der Waals surface area contributed by atoms with Gasteiger partial charge in [0.1, 0.15) is 0 Å². The smallest absolute Gasteiger partial charge is 0.349 e. The molecular weight excluding hydrogens is 445 g/mol. The molecule has 1 aromatic heterocycles. The highest BCUT2D eigenvalue weighted by Crippen LogP contribution is 2.32. The summed E-state index contributed by atoms with van der Waals surface area (Å²) in [7, 11) is 0. The molecular formula is C18H16BrF3N2O2S. The number of carbonyl (C=O) groups excluding carboxylic acids is 2. The van der Waals surface area contributed by atoms with E-state index in [4.69, 9.17) is 0 Å². The van der Waals surface area contributed by atoms with Crippen LogP contribution in [0.4, 0.5) is 13.2 Å². The van der Waals surface area contributed by atoms with Crippen molar-refractivity contribution >= 4 is 39.1 Å². The molecule has 1 fully saturated rings. The van der Waals surface area contributed by atoms with Crippen LogP contribution in [0.3, 0.4) is 0 Å². The second kappa shape index (κ2) is 8.02. The molecule has 1 aliphatic heterocycles. The van der Waals surface area contributed by atoms with E-state index in [-0.39, 0.29) is 17.5 Å². The Balaban J connectivity index is 1.61. The number of nitrogens with zero attached hydrogens (tertiary/aromatic N) is 1. The van der Waals surface area contributed by atoms with Crippen LogP contribution < -0.4 is 5.32 Å². The number of thiophene rings is 1. The van der Waals surface area contributed by atoms with Crippen LogP contribution >= 0.6 is 27.3 Å². The van der Waals surface area contributed by atoms with Gasteiger partial charge < -0.3 is 10.2 Å². The highest BCUT2D eigenvalue weighted by Gasteiger charge is 2.32. The first-order chi connectivity index (χ1) is 12.8. The Kier molecular flexibility index (Phi) is 5.90. The fourth-order valence-electron chi connectivity index (χ4n) is 2.92. The summed E-state index contributed by atoms with van der Waals surface area (Å²) in [5.74, 6) is -0.591. The molecule has 0 atom stereocenters. The first-order valence-electron chi connectivity index (χ1n) is 8.26. The number of alkyl halides is 3. The molecule has 1 N–H and O–H groups in total. The van der Waals surface area contributed by atoms with Gasteiger partial charge in [-0.15, -0.1) is 11.3 Å². The highest BCUT2D eigenvalue weighted by atomic mass is 79.9. The van der Waals surface area contributed by atoms with Gasteiger partial charge in [-0.3, -0.25) is 9.59 Å². The van der Waals surface area contributed by atoms with Crippen molar-refractivity contribution in [3.05, 3.63) is 56.2 Å². The van der Waals surface area contributed by atoms with Gasteiger partial charge in [-0.05, 0) is 58.4 Å². The van der Waals surface area contributed by atoms with Crippen LogP contribution in [0.25, 0.3) is 0 Å². The third-order valence-electron chi connectivity index (χ3n) is 4.39. The van der Waals surface area contributed by atoms with Gasteiger partial charge in [0.05, 0.1) is 16.0 Å². The zero-order valence-electron chi connectivity index (χ0n) is 14.1. The fraction of sp³-hybridized carbons (Fsp3) is 0.333. The molecule has 1 aliphatic rings. The SMILES string of the molecule is O=C(NC1CCN(C(=O)c2cccs2)CC1)c1cc(C(F)(F)F)ccc1Br. The van der Waals surface area contributed by atoms with E-state index < -0.39 is 17.6 Å². The topological polar surface area (TPSA) is 49.4 Å². The van der Waals surface area contributed by atoms with E-state index in [9.17, 15) is 22.8 Å². The van der Waals surface area contributed by atoms with Crippen molar-refractivity contribution in [2.24, 2.45) is 0 Å². The van der Waals surface area contributed by atoms with Gasteiger partial charge in [-0.25, -0.2) is 0 Å². The quantitative estimate of drug-likeness (QED) is 0.729. The maximum Gasteiger partial charge on any atom is 0.416 e. The highest BCUT2D eigenvalue weighted by molar-refractivity contribution is 9.10. The molecule has 144 valence electrons. The summed E-state index contributed by atoms with van der Waals surface area (Å²) in [6, 6.07) is 6.39. The number of amides is 2. The molecule has 1 aromatic carbocycles. The van der Waals surface area contributed by atoms with Crippen LogP contribution in [0.1, 0.15) is 38.4 Å². The summed E-state index contributed by atoms with van der Waals surface area (Å²) in [6.45, 7) is 0.983. The van der Waals surface area contributed by atoms with Crippen molar-refractivity contribution in [2.75, 3.05) is 13.1 Å². The lowest BCUT2D eigenvalue weighted by atomic mass is 10.0. The van der Waals surface area contributed by atoms with Crippen molar-refractivity contribution in [3.63, 3.8) is 0 Å². The van der Waals surface area contributed by atoms with Gasteiger partial charge in [-0.2, -0.15) is 13.2 Å². The number of halogens is 4. The molecule has 2 aromatic rings.